The molecule has 4 atom stereocenters. The average molecular weight is 390 g/mol. The summed E-state index contributed by atoms with van der Waals surface area (Å²) in [7, 11) is 0. The fourth-order valence-electron chi connectivity index (χ4n) is 4.22. The molecule has 2 aliphatic rings. The first-order chi connectivity index (χ1) is 13.3. The maximum atomic E-state index is 6.02. The molecule has 1 saturated carbocycles. The van der Waals surface area contributed by atoms with Gasteiger partial charge in [0.2, 0.25) is 0 Å². The molecule has 27 heavy (non-hydrogen) atoms. The molecule has 1 heterocycles. The highest BCUT2D eigenvalue weighted by Crippen LogP contribution is 2.34. The molecule has 3 rings (SSSR count). The first-order valence-corrected chi connectivity index (χ1v) is 11.7. The molecule has 2 fully saturated rings. The number of ether oxygens (including phenoxy) is 1. The van der Waals surface area contributed by atoms with Crippen molar-refractivity contribution in [3.63, 3.8) is 0 Å². The van der Waals surface area contributed by atoms with Crippen LogP contribution < -0.4 is 10.6 Å². The number of nitrogens with zero attached hydrogens (tertiary/aromatic N) is 1. The van der Waals surface area contributed by atoms with Crippen molar-refractivity contribution in [1.82, 2.24) is 10.6 Å². The first kappa shape index (κ1) is 20.5. The van der Waals surface area contributed by atoms with E-state index in [0.29, 0.717) is 12.0 Å². The van der Waals surface area contributed by atoms with Gasteiger partial charge in [-0.05, 0) is 43.9 Å². The van der Waals surface area contributed by atoms with E-state index in [0.717, 1.165) is 37.3 Å². The van der Waals surface area contributed by atoms with Crippen molar-refractivity contribution in [1.29, 1.82) is 0 Å². The number of rotatable bonds is 7. The van der Waals surface area contributed by atoms with E-state index in [-0.39, 0.29) is 6.10 Å². The lowest BCUT2D eigenvalue weighted by atomic mass is 9.95. The number of aliphatic imine (C=N–C) groups is 1. The van der Waals surface area contributed by atoms with E-state index in [9.17, 15) is 0 Å². The Labute approximate surface area is 168 Å². The molecule has 1 saturated heterocycles. The maximum absolute atomic E-state index is 6.02. The van der Waals surface area contributed by atoms with Crippen molar-refractivity contribution in [2.75, 3.05) is 25.4 Å². The molecule has 0 aromatic heterocycles. The zero-order valence-corrected chi connectivity index (χ0v) is 17.6. The van der Waals surface area contributed by atoms with E-state index in [1.165, 1.54) is 37.0 Å². The van der Waals surface area contributed by atoms with Gasteiger partial charge >= 0.3 is 0 Å². The number of hydrogen-bond donors (Lipinski definition) is 2. The minimum Gasteiger partial charge on any atom is -0.373 e. The Morgan fingerprint density at radius 3 is 2.81 bits per heavy atom. The van der Waals surface area contributed by atoms with Gasteiger partial charge in [-0.1, -0.05) is 43.7 Å². The van der Waals surface area contributed by atoms with Gasteiger partial charge in [0.1, 0.15) is 0 Å². The topological polar surface area (TPSA) is 45.7 Å². The van der Waals surface area contributed by atoms with Crippen LogP contribution in [0.3, 0.4) is 0 Å². The zero-order chi connectivity index (χ0) is 18.9. The number of guanidine groups is 1. The smallest absolute Gasteiger partial charge is 0.191 e. The van der Waals surface area contributed by atoms with Crippen molar-refractivity contribution in [3.8, 4) is 0 Å². The minimum absolute atomic E-state index is 0.179. The second-order valence-corrected chi connectivity index (χ2v) is 9.13. The molecule has 0 spiro atoms. The lowest BCUT2D eigenvalue weighted by Gasteiger charge is -2.30. The molecule has 0 amide bonds. The van der Waals surface area contributed by atoms with Crippen molar-refractivity contribution in [2.24, 2.45) is 10.9 Å². The third-order valence-electron chi connectivity index (χ3n) is 5.54. The average Bonchev–Trinajstić information content (AvgIpc) is 3.16. The summed E-state index contributed by atoms with van der Waals surface area (Å²) in [5.74, 6) is 2.65. The molecule has 1 aliphatic carbocycles. The second-order valence-electron chi connectivity index (χ2n) is 7.56. The third-order valence-corrected chi connectivity index (χ3v) is 6.77. The summed E-state index contributed by atoms with van der Waals surface area (Å²) in [5.41, 5.74) is 1.28. The van der Waals surface area contributed by atoms with E-state index in [2.05, 4.69) is 66.6 Å². The molecule has 2 N–H and O–H groups in total. The summed E-state index contributed by atoms with van der Waals surface area (Å²) in [4.78, 5) is 4.94. The highest BCUT2D eigenvalue weighted by molar-refractivity contribution is 7.99. The predicted octanol–water partition coefficient (Wildman–Crippen LogP) is 4.38. The highest BCUT2D eigenvalue weighted by Gasteiger charge is 2.29. The van der Waals surface area contributed by atoms with E-state index >= 15 is 0 Å². The minimum atomic E-state index is 0.179. The van der Waals surface area contributed by atoms with Gasteiger partial charge in [0.25, 0.3) is 0 Å². The number of nitrogens with one attached hydrogen (secondary N) is 2. The van der Waals surface area contributed by atoms with E-state index in [1.807, 2.05) is 0 Å². The standard InChI is InChI=1S/C22H35N3OS/c1-3-23-22(25-19-11-8-12-20(15-19)27-4-2)24-16-18-13-14-26-21(18)17-9-6-5-7-10-17/h5-7,9-10,18-21H,3-4,8,11-16H2,1-2H3,(H2,23,24,25). The van der Waals surface area contributed by atoms with Crippen LogP contribution in [0.2, 0.25) is 0 Å². The lowest BCUT2D eigenvalue weighted by Crippen LogP contribution is -2.46. The van der Waals surface area contributed by atoms with Gasteiger partial charge in [-0.2, -0.15) is 11.8 Å². The van der Waals surface area contributed by atoms with Crippen LogP contribution in [0.1, 0.15) is 57.6 Å². The maximum Gasteiger partial charge on any atom is 0.191 e. The Kier molecular flexibility index (Phi) is 8.34. The van der Waals surface area contributed by atoms with Gasteiger partial charge in [-0.3, -0.25) is 4.99 Å². The largest absolute Gasteiger partial charge is 0.373 e. The van der Waals surface area contributed by atoms with Crippen molar-refractivity contribution >= 4 is 17.7 Å². The Balaban J connectivity index is 1.58. The number of hydrogen-bond acceptors (Lipinski definition) is 3. The Morgan fingerprint density at radius 1 is 1.19 bits per heavy atom. The molecule has 0 bridgehead atoms. The molecule has 4 nitrogen and oxygen atoms in total. The van der Waals surface area contributed by atoms with Crippen LogP contribution in [-0.2, 0) is 4.74 Å². The SMILES string of the molecule is CCNC(=NCC1CCOC1c1ccccc1)NC1CCCC(SCC)C1. The molecular weight excluding hydrogens is 354 g/mol. The molecule has 150 valence electrons. The highest BCUT2D eigenvalue weighted by atomic mass is 32.2. The quantitative estimate of drug-likeness (QED) is 0.536. The van der Waals surface area contributed by atoms with Crippen LogP contribution in [-0.4, -0.2) is 42.7 Å². The van der Waals surface area contributed by atoms with Gasteiger partial charge in [0.05, 0.1) is 6.10 Å². The zero-order valence-electron chi connectivity index (χ0n) is 16.8. The Morgan fingerprint density at radius 2 is 2.04 bits per heavy atom. The summed E-state index contributed by atoms with van der Waals surface area (Å²) in [6, 6.07) is 11.1. The van der Waals surface area contributed by atoms with Crippen LogP contribution in [0.15, 0.2) is 35.3 Å². The number of thioether (sulfide) groups is 1. The molecule has 4 unspecified atom stereocenters. The van der Waals surface area contributed by atoms with Crippen LogP contribution in [0.4, 0.5) is 0 Å². The molecule has 5 heteroatoms. The van der Waals surface area contributed by atoms with E-state index in [1.54, 1.807) is 0 Å². The molecule has 1 aromatic carbocycles. The number of benzene rings is 1. The summed E-state index contributed by atoms with van der Waals surface area (Å²) in [6.45, 7) is 6.95. The van der Waals surface area contributed by atoms with Gasteiger partial charge in [0, 0.05) is 36.9 Å². The van der Waals surface area contributed by atoms with Gasteiger partial charge in [0.15, 0.2) is 5.96 Å². The van der Waals surface area contributed by atoms with Crippen LogP contribution in [0, 0.1) is 5.92 Å². The fraction of sp³-hybridized carbons (Fsp3) is 0.682. The summed E-state index contributed by atoms with van der Waals surface area (Å²) in [5, 5.41) is 7.96. The summed E-state index contributed by atoms with van der Waals surface area (Å²) < 4.78 is 6.02. The molecule has 1 aromatic rings. The third kappa shape index (κ3) is 6.15. The predicted molar refractivity (Wildman–Crippen MR) is 117 cm³/mol. The van der Waals surface area contributed by atoms with E-state index < -0.39 is 0 Å². The Hall–Kier alpha value is -1.20. The van der Waals surface area contributed by atoms with Crippen LogP contribution in [0.5, 0.6) is 0 Å². The summed E-state index contributed by atoms with van der Waals surface area (Å²) in [6.07, 6.45) is 6.45. The normalized spacial score (nSPS) is 28.9. The summed E-state index contributed by atoms with van der Waals surface area (Å²) >= 11 is 2.11. The van der Waals surface area contributed by atoms with E-state index in [4.69, 9.17) is 9.73 Å². The van der Waals surface area contributed by atoms with Gasteiger partial charge < -0.3 is 15.4 Å². The molecule has 0 radical (unpaired) electrons. The first-order valence-electron chi connectivity index (χ1n) is 10.6. The second kappa shape index (κ2) is 11.0. The van der Waals surface area contributed by atoms with Crippen molar-refractivity contribution in [2.45, 2.75) is 63.3 Å². The fourth-order valence-corrected chi connectivity index (χ4v) is 5.39. The van der Waals surface area contributed by atoms with Crippen molar-refractivity contribution in [3.05, 3.63) is 35.9 Å². The van der Waals surface area contributed by atoms with Crippen LogP contribution in [0.25, 0.3) is 0 Å². The van der Waals surface area contributed by atoms with Gasteiger partial charge in [-0.25, -0.2) is 0 Å². The lowest BCUT2D eigenvalue weighted by molar-refractivity contribution is 0.0925. The Bertz CT molecular complexity index is 578. The molecular formula is C22H35N3OS. The van der Waals surface area contributed by atoms with Crippen molar-refractivity contribution < 1.29 is 4.74 Å². The van der Waals surface area contributed by atoms with Crippen LogP contribution >= 0.6 is 11.8 Å². The van der Waals surface area contributed by atoms with Gasteiger partial charge in [-0.15, -0.1) is 0 Å². The monoisotopic (exact) mass is 389 g/mol. The molecule has 1 aliphatic heterocycles.